The highest BCUT2D eigenvalue weighted by molar-refractivity contribution is 9.10. The zero-order valence-corrected chi connectivity index (χ0v) is 10.7. The lowest BCUT2D eigenvalue weighted by atomic mass is 10.1. The molecule has 1 heterocycles. The lowest BCUT2D eigenvalue weighted by Gasteiger charge is -1.98. The molecular weight excluding hydrogens is 291 g/mol. The molecule has 0 fully saturated rings. The molecule has 5 heteroatoms. The Morgan fingerprint density at radius 3 is 2.82 bits per heavy atom. The Kier molecular flexibility index (Phi) is 3.19. The van der Waals surface area contributed by atoms with Gasteiger partial charge in [-0.3, -0.25) is 0 Å². The topological polar surface area (TPSA) is 50.4 Å². The molecule has 1 aromatic heterocycles. The fourth-order valence-electron chi connectivity index (χ4n) is 1.85. The molecule has 2 aromatic rings. The van der Waals surface area contributed by atoms with Crippen molar-refractivity contribution < 1.29 is 18.7 Å². The highest BCUT2D eigenvalue weighted by Crippen LogP contribution is 2.34. The highest BCUT2D eigenvalue weighted by Gasteiger charge is 2.22. The number of furan rings is 1. The molecule has 1 aromatic carbocycles. The Hall–Kier alpha value is -1.36. The average Bonchev–Trinajstić information content (AvgIpc) is 2.65. The van der Waals surface area contributed by atoms with Crippen LogP contribution in [0.1, 0.15) is 29.5 Å². The van der Waals surface area contributed by atoms with Gasteiger partial charge < -0.3 is 9.52 Å². The summed E-state index contributed by atoms with van der Waals surface area (Å²) in [5.74, 6) is -1.80. The number of rotatable bonds is 3. The molecule has 2 rings (SSSR count). The number of carboxylic acids is 1. The molecule has 0 aliphatic carbocycles. The summed E-state index contributed by atoms with van der Waals surface area (Å²) in [7, 11) is 0. The zero-order chi connectivity index (χ0) is 12.6. The van der Waals surface area contributed by atoms with Crippen molar-refractivity contribution in [3.63, 3.8) is 0 Å². The van der Waals surface area contributed by atoms with Crippen molar-refractivity contribution in [3.8, 4) is 0 Å². The molecule has 0 unspecified atom stereocenters. The normalized spacial score (nSPS) is 11.0. The van der Waals surface area contributed by atoms with Crippen LogP contribution in [0.25, 0.3) is 11.0 Å². The molecule has 0 bridgehead atoms. The van der Waals surface area contributed by atoms with Gasteiger partial charge in [0.25, 0.3) is 0 Å². The maximum absolute atomic E-state index is 13.8. The Labute approximate surface area is 105 Å². The van der Waals surface area contributed by atoms with E-state index in [1.807, 2.05) is 6.92 Å². The molecule has 0 amide bonds. The SMILES string of the molecule is CCCc1c(C(=O)O)oc2c(Br)ccc(F)c12. The number of fused-ring (bicyclic) bond motifs is 1. The van der Waals surface area contributed by atoms with Gasteiger partial charge in [-0.05, 0) is 34.5 Å². The number of hydrogen-bond donors (Lipinski definition) is 1. The number of benzene rings is 1. The van der Waals surface area contributed by atoms with Crippen molar-refractivity contribution in [1.82, 2.24) is 0 Å². The number of carbonyl (C=O) groups is 1. The van der Waals surface area contributed by atoms with E-state index in [0.29, 0.717) is 16.5 Å². The van der Waals surface area contributed by atoms with Crippen molar-refractivity contribution in [2.24, 2.45) is 0 Å². The van der Waals surface area contributed by atoms with Gasteiger partial charge in [0.1, 0.15) is 5.82 Å². The van der Waals surface area contributed by atoms with Gasteiger partial charge in [-0.25, -0.2) is 9.18 Å². The molecule has 0 radical (unpaired) electrons. The average molecular weight is 301 g/mol. The lowest BCUT2D eigenvalue weighted by molar-refractivity contribution is 0.0663. The van der Waals surface area contributed by atoms with Gasteiger partial charge in [-0.2, -0.15) is 0 Å². The fraction of sp³-hybridized carbons (Fsp3) is 0.250. The smallest absolute Gasteiger partial charge is 0.372 e. The first-order chi connectivity index (χ1) is 8.06. The summed E-state index contributed by atoms with van der Waals surface area (Å²) in [4.78, 5) is 11.1. The van der Waals surface area contributed by atoms with Gasteiger partial charge in [0.05, 0.1) is 9.86 Å². The van der Waals surface area contributed by atoms with Crippen LogP contribution in [0.2, 0.25) is 0 Å². The van der Waals surface area contributed by atoms with Crippen LogP contribution in [0.15, 0.2) is 21.0 Å². The first-order valence-corrected chi connectivity index (χ1v) is 5.98. The molecule has 0 aliphatic heterocycles. The zero-order valence-electron chi connectivity index (χ0n) is 9.09. The number of hydrogen-bond acceptors (Lipinski definition) is 2. The van der Waals surface area contributed by atoms with E-state index in [-0.39, 0.29) is 16.7 Å². The first kappa shape index (κ1) is 12.1. The van der Waals surface area contributed by atoms with Crippen LogP contribution in [0.3, 0.4) is 0 Å². The summed E-state index contributed by atoms with van der Waals surface area (Å²) >= 11 is 3.23. The van der Waals surface area contributed by atoms with Crippen molar-refractivity contribution in [2.75, 3.05) is 0 Å². The second-order valence-electron chi connectivity index (χ2n) is 3.70. The fourth-order valence-corrected chi connectivity index (χ4v) is 2.26. The summed E-state index contributed by atoms with van der Waals surface area (Å²) in [6.07, 6.45) is 1.20. The second-order valence-corrected chi connectivity index (χ2v) is 4.55. The molecule has 0 saturated heterocycles. The van der Waals surface area contributed by atoms with Crippen molar-refractivity contribution in [2.45, 2.75) is 19.8 Å². The van der Waals surface area contributed by atoms with Gasteiger partial charge >= 0.3 is 5.97 Å². The van der Waals surface area contributed by atoms with Gasteiger partial charge in [-0.15, -0.1) is 0 Å². The number of carboxylic acid groups (broad SMARTS) is 1. The molecule has 0 atom stereocenters. The highest BCUT2D eigenvalue weighted by atomic mass is 79.9. The van der Waals surface area contributed by atoms with Crippen molar-refractivity contribution >= 4 is 32.9 Å². The Balaban J connectivity index is 2.84. The minimum absolute atomic E-state index is 0.173. The Morgan fingerprint density at radius 2 is 2.24 bits per heavy atom. The van der Waals surface area contributed by atoms with Crippen LogP contribution in [-0.4, -0.2) is 11.1 Å². The van der Waals surface area contributed by atoms with Crippen LogP contribution < -0.4 is 0 Å². The monoisotopic (exact) mass is 300 g/mol. The summed E-state index contributed by atoms with van der Waals surface area (Å²) in [5, 5.41) is 9.31. The minimum atomic E-state index is -1.17. The maximum Gasteiger partial charge on any atom is 0.372 e. The quantitative estimate of drug-likeness (QED) is 0.932. The Morgan fingerprint density at radius 1 is 1.53 bits per heavy atom. The van der Waals surface area contributed by atoms with E-state index in [1.54, 1.807) is 0 Å². The van der Waals surface area contributed by atoms with E-state index in [1.165, 1.54) is 12.1 Å². The third-order valence-corrected chi connectivity index (χ3v) is 3.16. The molecule has 90 valence electrons. The van der Waals surface area contributed by atoms with E-state index in [2.05, 4.69) is 15.9 Å². The van der Waals surface area contributed by atoms with E-state index in [9.17, 15) is 9.18 Å². The van der Waals surface area contributed by atoms with Crippen LogP contribution >= 0.6 is 15.9 Å². The summed E-state index contributed by atoms with van der Waals surface area (Å²) in [6.45, 7) is 1.90. The van der Waals surface area contributed by atoms with Crippen molar-refractivity contribution in [3.05, 3.63) is 33.7 Å². The van der Waals surface area contributed by atoms with Gasteiger partial charge in [0.2, 0.25) is 5.76 Å². The van der Waals surface area contributed by atoms with E-state index in [4.69, 9.17) is 9.52 Å². The van der Waals surface area contributed by atoms with E-state index >= 15 is 0 Å². The lowest BCUT2D eigenvalue weighted by Crippen LogP contribution is -1.99. The largest absolute Gasteiger partial charge is 0.475 e. The second kappa shape index (κ2) is 4.49. The minimum Gasteiger partial charge on any atom is -0.475 e. The van der Waals surface area contributed by atoms with Gasteiger partial charge in [0, 0.05) is 5.56 Å². The molecule has 0 saturated carbocycles. The number of aryl methyl sites for hydroxylation is 1. The number of halogens is 2. The molecule has 0 spiro atoms. The van der Waals surface area contributed by atoms with Crippen molar-refractivity contribution in [1.29, 1.82) is 0 Å². The molecular formula is C12H10BrFO3. The predicted octanol–water partition coefficient (Wildman–Crippen LogP) is 3.99. The van der Waals surface area contributed by atoms with E-state index in [0.717, 1.165) is 6.42 Å². The summed E-state index contributed by atoms with van der Waals surface area (Å²) < 4.78 is 19.5. The molecule has 0 aliphatic rings. The third kappa shape index (κ3) is 1.95. The predicted molar refractivity (Wildman–Crippen MR) is 64.8 cm³/mol. The van der Waals surface area contributed by atoms with Gasteiger partial charge in [0.15, 0.2) is 5.58 Å². The molecule has 17 heavy (non-hydrogen) atoms. The third-order valence-electron chi connectivity index (χ3n) is 2.53. The van der Waals surface area contributed by atoms with Crippen LogP contribution in [0.4, 0.5) is 4.39 Å². The Bertz CT molecular complexity index is 589. The molecule has 1 N–H and O–H groups in total. The summed E-state index contributed by atoms with van der Waals surface area (Å²) in [6, 6.07) is 2.80. The first-order valence-electron chi connectivity index (χ1n) is 5.19. The standard InChI is InChI=1S/C12H10BrFO3/c1-2-3-6-9-8(14)5-4-7(13)11(9)17-10(6)12(15)16/h4-5H,2-3H2,1H3,(H,15,16). The number of aromatic carboxylic acids is 1. The molecule has 3 nitrogen and oxygen atoms in total. The van der Waals surface area contributed by atoms with Gasteiger partial charge in [-0.1, -0.05) is 13.3 Å². The van der Waals surface area contributed by atoms with Crippen LogP contribution in [0.5, 0.6) is 0 Å². The maximum atomic E-state index is 13.8. The van der Waals surface area contributed by atoms with Crippen LogP contribution in [0, 0.1) is 5.82 Å². The summed E-state index contributed by atoms with van der Waals surface area (Å²) in [5.41, 5.74) is 0.680. The van der Waals surface area contributed by atoms with E-state index < -0.39 is 11.8 Å². The van der Waals surface area contributed by atoms with Crippen LogP contribution in [-0.2, 0) is 6.42 Å².